The second-order valence-corrected chi connectivity index (χ2v) is 1.80. The molecule has 4 nitrogen and oxygen atoms in total. The first-order chi connectivity index (χ1) is 5.18. The van der Waals surface area contributed by atoms with E-state index in [4.69, 9.17) is 14.9 Å². The van der Waals surface area contributed by atoms with E-state index in [0.717, 1.165) is 0 Å². The molecule has 11 heavy (non-hydrogen) atoms. The molecule has 0 rings (SSSR count). The van der Waals surface area contributed by atoms with Crippen molar-refractivity contribution in [1.82, 2.24) is 0 Å². The van der Waals surface area contributed by atoms with E-state index in [0.29, 0.717) is 0 Å². The molecule has 1 atom stereocenters. The van der Waals surface area contributed by atoms with Crippen molar-refractivity contribution in [3.05, 3.63) is 0 Å². The van der Waals surface area contributed by atoms with Gasteiger partial charge in [0.1, 0.15) is 13.2 Å². The first-order valence-electron chi connectivity index (χ1n) is 3.09. The van der Waals surface area contributed by atoms with Crippen LogP contribution in [-0.2, 0) is 9.53 Å². The average Bonchev–Trinajstić information content (AvgIpc) is 1.97. The molecule has 0 heterocycles. The number of aliphatic hydroxyl groups excluding tert-OH is 1. The van der Waals surface area contributed by atoms with Gasteiger partial charge in [-0.05, 0) is 6.92 Å². The van der Waals surface area contributed by atoms with Crippen LogP contribution in [0.5, 0.6) is 0 Å². The highest BCUT2D eigenvalue weighted by Crippen LogP contribution is 1.87. The van der Waals surface area contributed by atoms with Crippen molar-refractivity contribution in [2.24, 2.45) is 0 Å². The summed E-state index contributed by atoms with van der Waals surface area (Å²) >= 11 is 0. The van der Waals surface area contributed by atoms with Crippen LogP contribution in [0.1, 0.15) is 6.92 Å². The van der Waals surface area contributed by atoms with Gasteiger partial charge in [-0.3, -0.25) is 0 Å². The van der Waals surface area contributed by atoms with E-state index in [-0.39, 0.29) is 13.2 Å². The van der Waals surface area contributed by atoms with Crippen LogP contribution in [0.4, 0.5) is 0 Å². The minimum Gasteiger partial charge on any atom is -0.479 e. The third-order valence-electron chi connectivity index (χ3n) is 0.957. The highest BCUT2D eigenvalue weighted by molar-refractivity contribution is 5.71. The van der Waals surface area contributed by atoms with E-state index in [1.807, 2.05) is 0 Å². The molecule has 2 N–H and O–H groups in total. The van der Waals surface area contributed by atoms with Crippen molar-refractivity contribution in [2.75, 3.05) is 13.2 Å². The Morgan fingerprint density at radius 2 is 2.27 bits per heavy atom. The van der Waals surface area contributed by atoms with Crippen LogP contribution < -0.4 is 0 Å². The van der Waals surface area contributed by atoms with Gasteiger partial charge in [0, 0.05) is 0 Å². The molecular weight excluding hydrogens is 148 g/mol. The molecule has 0 aliphatic carbocycles. The molecule has 0 radical (unpaired) electrons. The monoisotopic (exact) mass is 158 g/mol. The van der Waals surface area contributed by atoms with E-state index >= 15 is 0 Å². The van der Waals surface area contributed by atoms with Crippen LogP contribution in [0.15, 0.2) is 0 Å². The number of carbonyl (C=O) groups is 1. The number of rotatable bonds is 3. The molecule has 0 aliphatic heterocycles. The molecule has 1 unspecified atom stereocenters. The Bertz CT molecular complexity index is 177. The van der Waals surface area contributed by atoms with Gasteiger partial charge in [-0.2, -0.15) is 0 Å². The zero-order chi connectivity index (χ0) is 8.69. The number of carboxylic acid groups (broad SMARTS) is 1. The molecule has 0 aliphatic rings. The van der Waals surface area contributed by atoms with E-state index in [9.17, 15) is 4.79 Å². The quantitative estimate of drug-likeness (QED) is 0.542. The van der Waals surface area contributed by atoms with Crippen molar-refractivity contribution < 1.29 is 19.7 Å². The summed E-state index contributed by atoms with van der Waals surface area (Å²) in [6, 6.07) is 0. The summed E-state index contributed by atoms with van der Waals surface area (Å²) in [4.78, 5) is 10.1. The van der Waals surface area contributed by atoms with Crippen LogP contribution in [0, 0.1) is 11.8 Å². The molecule has 0 saturated carbocycles. The number of ether oxygens (including phenoxy) is 1. The molecule has 0 aromatic heterocycles. The number of hydrogen-bond donors (Lipinski definition) is 2. The van der Waals surface area contributed by atoms with Gasteiger partial charge in [-0.15, -0.1) is 0 Å². The van der Waals surface area contributed by atoms with Crippen molar-refractivity contribution in [3.63, 3.8) is 0 Å². The van der Waals surface area contributed by atoms with E-state index in [1.165, 1.54) is 6.92 Å². The largest absolute Gasteiger partial charge is 0.479 e. The van der Waals surface area contributed by atoms with Crippen LogP contribution in [0.2, 0.25) is 0 Å². The lowest BCUT2D eigenvalue weighted by Gasteiger charge is -2.02. The van der Waals surface area contributed by atoms with Crippen LogP contribution >= 0.6 is 0 Å². The summed E-state index contributed by atoms with van der Waals surface area (Å²) < 4.78 is 4.72. The van der Waals surface area contributed by atoms with Gasteiger partial charge < -0.3 is 14.9 Å². The first kappa shape index (κ1) is 9.95. The molecule has 0 amide bonds. The van der Waals surface area contributed by atoms with Gasteiger partial charge in [0.15, 0.2) is 6.10 Å². The predicted octanol–water partition coefficient (Wildman–Crippen LogP) is -0.528. The fourth-order valence-electron chi connectivity index (χ4n) is 0.345. The molecule has 62 valence electrons. The lowest BCUT2D eigenvalue weighted by molar-refractivity contribution is -0.148. The standard InChI is InChI=1S/C7H10O4/c1-6(7(9)10)11-5-3-2-4-8/h6,8H,4-5H2,1H3,(H,9,10). The fourth-order valence-corrected chi connectivity index (χ4v) is 0.345. The first-order valence-corrected chi connectivity index (χ1v) is 3.09. The number of aliphatic hydroxyl groups is 1. The summed E-state index contributed by atoms with van der Waals surface area (Å²) in [5.74, 6) is 3.75. The van der Waals surface area contributed by atoms with Crippen LogP contribution in [-0.4, -0.2) is 35.5 Å². The van der Waals surface area contributed by atoms with Crippen LogP contribution in [0.3, 0.4) is 0 Å². The smallest absolute Gasteiger partial charge is 0.332 e. The summed E-state index contributed by atoms with van der Waals surface area (Å²) in [7, 11) is 0. The van der Waals surface area contributed by atoms with Gasteiger partial charge in [0.2, 0.25) is 0 Å². The average molecular weight is 158 g/mol. The summed E-state index contributed by atoms with van der Waals surface area (Å²) in [6.45, 7) is 1.22. The number of hydrogen-bond acceptors (Lipinski definition) is 3. The zero-order valence-electron chi connectivity index (χ0n) is 6.20. The lowest BCUT2D eigenvalue weighted by Crippen LogP contribution is -2.19. The van der Waals surface area contributed by atoms with Gasteiger partial charge in [-0.25, -0.2) is 4.79 Å². The van der Waals surface area contributed by atoms with Gasteiger partial charge >= 0.3 is 5.97 Å². The molecule has 4 heteroatoms. The third-order valence-corrected chi connectivity index (χ3v) is 0.957. The Kier molecular flexibility index (Phi) is 5.17. The molecule has 0 aromatic carbocycles. The van der Waals surface area contributed by atoms with Gasteiger partial charge in [0.25, 0.3) is 0 Å². The second-order valence-electron chi connectivity index (χ2n) is 1.80. The maximum Gasteiger partial charge on any atom is 0.332 e. The molecule has 0 aromatic rings. The van der Waals surface area contributed by atoms with Gasteiger partial charge in [0.05, 0.1) is 0 Å². The van der Waals surface area contributed by atoms with E-state index < -0.39 is 12.1 Å². The summed E-state index contributed by atoms with van der Waals surface area (Å²) in [6.07, 6.45) is -0.844. The van der Waals surface area contributed by atoms with Crippen molar-refractivity contribution in [2.45, 2.75) is 13.0 Å². The second kappa shape index (κ2) is 5.71. The number of carboxylic acids is 1. The van der Waals surface area contributed by atoms with Gasteiger partial charge in [-0.1, -0.05) is 11.8 Å². The summed E-state index contributed by atoms with van der Waals surface area (Å²) in [5, 5.41) is 16.5. The zero-order valence-corrected chi connectivity index (χ0v) is 6.20. The van der Waals surface area contributed by atoms with Crippen LogP contribution in [0.25, 0.3) is 0 Å². The SMILES string of the molecule is CC(OCC#CCO)C(=O)O. The molecular formula is C7H10O4. The van der Waals surface area contributed by atoms with Crippen molar-refractivity contribution >= 4 is 5.97 Å². The third kappa shape index (κ3) is 5.40. The minimum atomic E-state index is -1.02. The normalized spacial score (nSPS) is 11.5. The molecule has 0 spiro atoms. The van der Waals surface area contributed by atoms with E-state index in [2.05, 4.69) is 11.8 Å². The topological polar surface area (TPSA) is 66.8 Å². The maximum atomic E-state index is 10.1. The Morgan fingerprint density at radius 3 is 2.73 bits per heavy atom. The lowest BCUT2D eigenvalue weighted by atomic mass is 10.4. The Labute approximate surface area is 64.8 Å². The Hall–Kier alpha value is -1.05. The molecule has 0 bridgehead atoms. The predicted molar refractivity (Wildman–Crippen MR) is 37.9 cm³/mol. The fraction of sp³-hybridized carbons (Fsp3) is 0.571. The van der Waals surface area contributed by atoms with Crippen molar-refractivity contribution in [1.29, 1.82) is 0 Å². The molecule has 0 saturated heterocycles. The number of aliphatic carboxylic acids is 1. The van der Waals surface area contributed by atoms with Crippen molar-refractivity contribution in [3.8, 4) is 11.8 Å². The Balaban J connectivity index is 3.46. The maximum absolute atomic E-state index is 10.1. The minimum absolute atomic E-state index is 0.0357. The highest BCUT2D eigenvalue weighted by atomic mass is 16.5. The molecule has 0 fully saturated rings. The highest BCUT2D eigenvalue weighted by Gasteiger charge is 2.08. The Morgan fingerprint density at radius 1 is 1.64 bits per heavy atom. The van der Waals surface area contributed by atoms with E-state index in [1.54, 1.807) is 0 Å². The summed E-state index contributed by atoms with van der Waals surface area (Å²) in [5.41, 5.74) is 0.